The Bertz CT molecular complexity index is 2300. The molecule has 4 N–H and O–H groups in total. The minimum Gasteiger partial charge on any atom is -0.371 e. The Hall–Kier alpha value is -6.10. The number of likely N-dealkylation sites (N-methyl/N-ethyl adjacent to an activating group) is 1. The number of urea groups is 1. The number of nitrogens with one attached hydrogen (secondary N) is 2. The Morgan fingerprint density at radius 2 is 1.61 bits per heavy atom. The summed E-state index contributed by atoms with van der Waals surface area (Å²) >= 11 is 0. The number of piperidine rings is 2. The van der Waals surface area contributed by atoms with Gasteiger partial charge in [-0.05, 0) is 112 Å². The molecule has 0 radical (unpaired) electrons. The lowest BCUT2D eigenvalue weighted by Gasteiger charge is -2.40. The summed E-state index contributed by atoms with van der Waals surface area (Å²) in [5.74, 6) is 0.0992. The molecule has 67 heavy (non-hydrogen) atoms. The molecule has 8 rings (SSSR count). The molecule has 0 bridgehead atoms. The van der Waals surface area contributed by atoms with E-state index in [9.17, 15) is 28.8 Å². The second kappa shape index (κ2) is 20.8. The third-order valence-electron chi connectivity index (χ3n) is 15.3. The van der Waals surface area contributed by atoms with Gasteiger partial charge in [-0.25, -0.2) is 14.8 Å². The molecule has 5 fully saturated rings. The van der Waals surface area contributed by atoms with Crippen molar-refractivity contribution < 1.29 is 28.8 Å². The van der Waals surface area contributed by atoms with Crippen molar-refractivity contribution in [2.75, 3.05) is 88.1 Å². The normalized spacial score (nSPS) is 21.6. The molecule has 4 aliphatic heterocycles. The molecular formula is C50H67N11O6. The molecule has 3 atom stereocenters. The maximum absolute atomic E-state index is 13.6. The van der Waals surface area contributed by atoms with Crippen LogP contribution in [0.2, 0.25) is 0 Å². The summed E-state index contributed by atoms with van der Waals surface area (Å²) in [6.07, 6.45) is 12.7. The fourth-order valence-corrected chi connectivity index (χ4v) is 11.0. The number of nitrogens with two attached hydrogens (primary N) is 1. The topological polar surface area (TPSA) is 198 Å². The van der Waals surface area contributed by atoms with Crippen LogP contribution in [0.4, 0.5) is 27.8 Å². The van der Waals surface area contributed by atoms with Crippen molar-refractivity contribution in [2.45, 2.75) is 101 Å². The lowest BCUT2D eigenvalue weighted by Crippen LogP contribution is -2.50. The van der Waals surface area contributed by atoms with Crippen LogP contribution < -0.4 is 26.2 Å². The molecule has 3 unspecified atom stereocenters. The fraction of sp³-hybridized carbons (Fsp3) is 0.560. The number of anilines is 4. The number of carbonyl (C=O) groups is 6. The summed E-state index contributed by atoms with van der Waals surface area (Å²) in [5.41, 5.74) is 9.26. The number of hydrogen-bond acceptors (Lipinski definition) is 12. The highest BCUT2D eigenvalue weighted by Crippen LogP contribution is 2.37. The van der Waals surface area contributed by atoms with Crippen LogP contribution in [0.3, 0.4) is 0 Å². The predicted octanol–water partition coefficient (Wildman–Crippen LogP) is 4.83. The van der Waals surface area contributed by atoms with E-state index in [0.717, 1.165) is 109 Å². The number of hydrogen-bond donors (Lipinski definition) is 3. The number of likely N-dealkylation sites (tertiary alicyclic amines) is 1. The molecule has 5 heterocycles. The minimum atomic E-state index is -0.795. The third kappa shape index (κ3) is 10.6. The molecule has 17 heteroatoms. The number of aromatic nitrogens is 2. The second-order valence-electron chi connectivity index (χ2n) is 19.5. The Morgan fingerprint density at radius 3 is 2.30 bits per heavy atom. The lowest BCUT2D eigenvalue weighted by molar-refractivity contribution is -0.121. The summed E-state index contributed by atoms with van der Waals surface area (Å²) in [5, 5.41) is 5.88. The van der Waals surface area contributed by atoms with Crippen molar-refractivity contribution in [3.8, 4) is 0 Å². The average molecular weight is 918 g/mol. The first kappa shape index (κ1) is 47.4. The molecular weight excluding hydrogens is 851 g/mol. The van der Waals surface area contributed by atoms with E-state index in [0.29, 0.717) is 42.7 Å². The van der Waals surface area contributed by atoms with Crippen molar-refractivity contribution >= 4 is 59.3 Å². The Balaban J connectivity index is 0.844. The van der Waals surface area contributed by atoms with E-state index in [1.54, 1.807) is 18.3 Å². The van der Waals surface area contributed by atoms with Gasteiger partial charge in [0.1, 0.15) is 12.1 Å². The van der Waals surface area contributed by atoms with E-state index in [4.69, 9.17) is 10.7 Å². The van der Waals surface area contributed by atoms with Gasteiger partial charge in [-0.2, -0.15) is 0 Å². The van der Waals surface area contributed by atoms with E-state index in [-0.39, 0.29) is 53.1 Å². The number of carbonyl (C=O) groups excluding carboxylic acids is 6. The van der Waals surface area contributed by atoms with E-state index >= 15 is 0 Å². The van der Waals surface area contributed by atoms with E-state index in [1.165, 1.54) is 37.4 Å². The molecule has 1 saturated carbocycles. The zero-order valence-electron chi connectivity index (χ0n) is 39.3. The molecule has 1 aliphatic carbocycles. The monoisotopic (exact) mass is 918 g/mol. The average Bonchev–Trinajstić information content (AvgIpc) is 4.14. The zero-order chi connectivity index (χ0) is 47.2. The fourth-order valence-electron chi connectivity index (χ4n) is 11.0. The van der Waals surface area contributed by atoms with Crippen LogP contribution in [0.15, 0.2) is 48.7 Å². The summed E-state index contributed by atoms with van der Waals surface area (Å²) in [6, 6.07) is 13.5. The molecule has 1 aromatic heterocycles. The van der Waals surface area contributed by atoms with Crippen LogP contribution >= 0.6 is 0 Å². The Kier molecular flexibility index (Phi) is 14.7. The van der Waals surface area contributed by atoms with Crippen LogP contribution in [0.1, 0.15) is 114 Å². The maximum atomic E-state index is 13.6. The largest absolute Gasteiger partial charge is 0.371 e. The van der Waals surface area contributed by atoms with Crippen molar-refractivity contribution in [3.05, 3.63) is 71.0 Å². The first-order valence-corrected chi connectivity index (χ1v) is 24.2. The van der Waals surface area contributed by atoms with Gasteiger partial charge in [0.05, 0.1) is 23.8 Å². The predicted molar refractivity (Wildman–Crippen MR) is 257 cm³/mol. The van der Waals surface area contributed by atoms with Gasteiger partial charge in [0.25, 0.3) is 11.8 Å². The Morgan fingerprint density at radius 1 is 0.896 bits per heavy atom. The van der Waals surface area contributed by atoms with Crippen LogP contribution in [0, 0.1) is 5.92 Å². The highest BCUT2D eigenvalue weighted by Gasteiger charge is 2.40. The molecule has 17 nitrogen and oxygen atoms in total. The number of benzene rings is 2. The van der Waals surface area contributed by atoms with Crippen LogP contribution in [-0.4, -0.2) is 157 Å². The zero-order valence-corrected chi connectivity index (χ0v) is 39.3. The van der Waals surface area contributed by atoms with Crippen LogP contribution in [0.25, 0.3) is 0 Å². The number of amides is 5. The Labute approximate surface area is 393 Å². The summed E-state index contributed by atoms with van der Waals surface area (Å²) in [6.45, 7) is 9.90. The van der Waals surface area contributed by atoms with Crippen molar-refractivity contribution in [2.24, 2.45) is 11.7 Å². The van der Waals surface area contributed by atoms with Gasteiger partial charge in [-0.15, -0.1) is 0 Å². The van der Waals surface area contributed by atoms with Gasteiger partial charge in [0, 0.05) is 89.3 Å². The van der Waals surface area contributed by atoms with Gasteiger partial charge in [-0.1, -0.05) is 31.9 Å². The van der Waals surface area contributed by atoms with E-state index in [2.05, 4.69) is 59.2 Å². The van der Waals surface area contributed by atoms with Gasteiger partial charge < -0.3 is 50.6 Å². The van der Waals surface area contributed by atoms with Crippen molar-refractivity contribution in [1.82, 2.24) is 34.9 Å². The molecule has 3 aromatic rings. The number of primary amides is 1. The number of rotatable bonds is 17. The standard InChI is InChI=1S/C50H67N11O6/c1-50(19-23-57(24-20-50)29-34-18-22-58(30-34)39-15-10-35(32-62)42(27-39)48(66)56(3)41(33-63)16-17-44(64)52-2)36-11-13-37(14-12-36)54-47-45(46(51)65)53-28-43(55-47)59-21-6-9-40(31-59)61-26-25-60(49(61)67)38-7-4-5-8-38/h10-15,27-28,32-34,38,40-41H,4-9,16-26,29-31H2,1-3H3,(H2,51,65)(H,52,64)(H,54,55). The number of nitrogens with zero attached hydrogens (tertiary/aromatic N) is 8. The second-order valence-corrected chi connectivity index (χ2v) is 19.5. The highest BCUT2D eigenvalue weighted by atomic mass is 16.2. The number of aldehydes is 2. The van der Waals surface area contributed by atoms with Crippen LogP contribution in [0.5, 0.6) is 0 Å². The first-order chi connectivity index (χ1) is 32.4. The van der Waals surface area contributed by atoms with Crippen molar-refractivity contribution in [1.29, 1.82) is 0 Å². The van der Waals surface area contributed by atoms with Gasteiger partial charge in [0.15, 0.2) is 17.8 Å². The summed E-state index contributed by atoms with van der Waals surface area (Å²) < 4.78 is 0. The maximum Gasteiger partial charge on any atom is 0.320 e. The SMILES string of the molecule is CNC(=O)CCC(C=O)N(C)C(=O)c1cc(N2CCC(CN3CCC(C)(c4ccc(Nc5nc(N6CCCC(N7CCN(C8CCCC8)C7=O)C6)cnc5C(N)=O)cc4)CC3)C2)ccc1C=O. The molecule has 5 aliphatic rings. The lowest BCUT2D eigenvalue weighted by atomic mass is 9.74. The van der Waals surface area contributed by atoms with Gasteiger partial charge in [-0.3, -0.25) is 19.2 Å². The highest BCUT2D eigenvalue weighted by molar-refractivity contribution is 6.03. The van der Waals surface area contributed by atoms with E-state index in [1.807, 2.05) is 18.2 Å². The third-order valence-corrected chi connectivity index (χ3v) is 15.3. The van der Waals surface area contributed by atoms with Crippen molar-refractivity contribution in [3.63, 3.8) is 0 Å². The molecule has 358 valence electrons. The molecule has 5 amide bonds. The van der Waals surface area contributed by atoms with Crippen LogP contribution in [-0.2, 0) is 15.0 Å². The van der Waals surface area contributed by atoms with Gasteiger partial charge in [0.2, 0.25) is 5.91 Å². The quantitative estimate of drug-likeness (QED) is 0.156. The molecule has 4 saturated heterocycles. The molecule has 2 aromatic carbocycles. The van der Waals surface area contributed by atoms with E-state index < -0.39 is 17.9 Å². The summed E-state index contributed by atoms with van der Waals surface area (Å²) in [4.78, 5) is 97.1. The summed E-state index contributed by atoms with van der Waals surface area (Å²) in [7, 11) is 3.05. The first-order valence-electron chi connectivity index (χ1n) is 24.2. The smallest absolute Gasteiger partial charge is 0.320 e. The molecule has 0 spiro atoms. The minimum absolute atomic E-state index is 0.00773. The van der Waals surface area contributed by atoms with Gasteiger partial charge >= 0.3 is 6.03 Å².